The number of piperidine rings is 1. The molecule has 27 heavy (non-hydrogen) atoms. The average molecular weight is 366 g/mol. The second-order valence-corrected chi connectivity index (χ2v) is 6.78. The van der Waals surface area contributed by atoms with Gasteiger partial charge in [0.15, 0.2) is 5.82 Å². The van der Waals surface area contributed by atoms with Crippen LogP contribution in [0.1, 0.15) is 19.3 Å². The zero-order valence-electron chi connectivity index (χ0n) is 15.9. The molecule has 0 atom stereocenters. The Kier molecular flexibility index (Phi) is 5.90. The lowest BCUT2D eigenvalue weighted by molar-refractivity contribution is 0.196. The fourth-order valence-electron chi connectivity index (χ4n) is 3.02. The number of urea groups is 1. The normalized spacial score (nSPS) is 13.8. The third kappa shape index (κ3) is 4.75. The van der Waals surface area contributed by atoms with Crippen molar-refractivity contribution >= 4 is 22.8 Å². The highest BCUT2D eigenvalue weighted by Gasteiger charge is 2.12. The Balaban J connectivity index is 0.000000197. The Morgan fingerprint density at radius 1 is 1.15 bits per heavy atom. The number of carbonyl (C=O) groups is 1. The molecule has 2 amide bonds. The van der Waals surface area contributed by atoms with Gasteiger partial charge in [0.05, 0.1) is 11.0 Å². The SMILES string of the molecule is CN(C)c1ccnc(-c2nc3ccccc3[nH]2)c1.NC(=O)N1CCCCC1. The second-order valence-electron chi connectivity index (χ2n) is 6.78. The van der Waals surface area contributed by atoms with Gasteiger partial charge in [0, 0.05) is 39.1 Å². The molecule has 3 aromatic rings. The second kappa shape index (κ2) is 8.53. The van der Waals surface area contributed by atoms with Crippen LogP contribution < -0.4 is 10.6 Å². The molecule has 0 unspecified atom stereocenters. The van der Waals surface area contributed by atoms with Crippen LogP contribution in [-0.2, 0) is 0 Å². The quantitative estimate of drug-likeness (QED) is 0.728. The minimum absolute atomic E-state index is 0.269. The molecule has 1 aliphatic rings. The van der Waals surface area contributed by atoms with E-state index in [1.54, 1.807) is 11.1 Å². The maximum absolute atomic E-state index is 10.5. The number of para-hydroxylation sites is 2. The molecule has 0 radical (unpaired) electrons. The monoisotopic (exact) mass is 366 g/mol. The van der Waals surface area contributed by atoms with Gasteiger partial charge in [0.2, 0.25) is 0 Å². The van der Waals surface area contributed by atoms with E-state index in [0.717, 1.165) is 54.2 Å². The number of benzene rings is 1. The van der Waals surface area contributed by atoms with Crippen LogP contribution in [0.5, 0.6) is 0 Å². The largest absolute Gasteiger partial charge is 0.378 e. The summed E-state index contributed by atoms with van der Waals surface area (Å²) in [6.45, 7) is 1.71. The van der Waals surface area contributed by atoms with Crippen molar-refractivity contribution in [2.24, 2.45) is 5.73 Å². The fraction of sp³-hybridized carbons (Fsp3) is 0.350. The number of pyridine rings is 1. The maximum Gasteiger partial charge on any atom is 0.314 e. The number of carbonyl (C=O) groups excluding carboxylic acids is 1. The molecule has 0 saturated carbocycles. The van der Waals surface area contributed by atoms with Crippen molar-refractivity contribution in [2.75, 3.05) is 32.1 Å². The number of nitrogens with two attached hydrogens (primary N) is 1. The molecule has 1 aromatic carbocycles. The van der Waals surface area contributed by atoms with E-state index in [0.29, 0.717) is 0 Å². The molecule has 142 valence electrons. The first-order chi connectivity index (χ1) is 13.0. The Bertz CT molecular complexity index is 865. The van der Waals surface area contributed by atoms with Crippen molar-refractivity contribution in [3.05, 3.63) is 42.6 Å². The first-order valence-corrected chi connectivity index (χ1v) is 9.17. The summed E-state index contributed by atoms with van der Waals surface area (Å²) in [6, 6.07) is 11.7. The van der Waals surface area contributed by atoms with Crippen molar-refractivity contribution in [3.8, 4) is 11.5 Å². The van der Waals surface area contributed by atoms with Gasteiger partial charge in [-0.05, 0) is 43.5 Å². The number of imidazole rings is 1. The fourth-order valence-corrected chi connectivity index (χ4v) is 3.02. The topological polar surface area (TPSA) is 91.1 Å². The molecular weight excluding hydrogens is 340 g/mol. The summed E-state index contributed by atoms with van der Waals surface area (Å²) in [5, 5.41) is 0. The highest BCUT2D eigenvalue weighted by Crippen LogP contribution is 2.21. The molecule has 1 aliphatic heterocycles. The number of nitrogens with zero attached hydrogens (tertiary/aromatic N) is 4. The van der Waals surface area contributed by atoms with E-state index in [2.05, 4.69) is 15.0 Å². The molecule has 0 spiro atoms. The summed E-state index contributed by atoms with van der Waals surface area (Å²) in [4.78, 5) is 26.4. The molecule has 1 fully saturated rings. The lowest BCUT2D eigenvalue weighted by Gasteiger charge is -2.24. The Labute approximate surface area is 159 Å². The van der Waals surface area contributed by atoms with Crippen LogP contribution in [0.25, 0.3) is 22.6 Å². The minimum Gasteiger partial charge on any atom is -0.378 e. The Morgan fingerprint density at radius 2 is 1.89 bits per heavy atom. The van der Waals surface area contributed by atoms with Crippen LogP contribution in [-0.4, -0.2) is 53.1 Å². The highest BCUT2D eigenvalue weighted by atomic mass is 16.2. The van der Waals surface area contributed by atoms with Gasteiger partial charge >= 0.3 is 6.03 Å². The first-order valence-electron chi connectivity index (χ1n) is 9.17. The predicted molar refractivity (Wildman–Crippen MR) is 109 cm³/mol. The van der Waals surface area contributed by atoms with Gasteiger partial charge < -0.3 is 20.5 Å². The first kappa shape index (κ1) is 18.7. The third-order valence-corrected chi connectivity index (χ3v) is 4.56. The summed E-state index contributed by atoms with van der Waals surface area (Å²) >= 11 is 0. The smallest absolute Gasteiger partial charge is 0.314 e. The van der Waals surface area contributed by atoms with E-state index in [9.17, 15) is 4.79 Å². The van der Waals surface area contributed by atoms with Gasteiger partial charge in [0.1, 0.15) is 5.69 Å². The molecule has 1 saturated heterocycles. The van der Waals surface area contributed by atoms with Gasteiger partial charge in [-0.2, -0.15) is 0 Å². The van der Waals surface area contributed by atoms with Crippen molar-refractivity contribution < 1.29 is 4.79 Å². The number of H-pyrrole nitrogens is 1. The summed E-state index contributed by atoms with van der Waals surface area (Å²) in [7, 11) is 4.02. The van der Waals surface area contributed by atoms with Gasteiger partial charge in [-0.1, -0.05) is 12.1 Å². The van der Waals surface area contributed by atoms with Gasteiger partial charge in [-0.3, -0.25) is 4.98 Å². The number of anilines is 1. The van der Waals surface area contributed by atoms with E-state index < -0.39 is 0 Å². The van der Waals surface area contributed by atoms with Crippen LogP contribution in [0, 0.1) is 0 Å². The number of nitrogens with one attached hydrogen (secondary N) is 1. The van der Waals surface area contributed by atoms with Crippen LogP contribution in [0.15, 0.2) is 42.6 Å². The lowest BCUT2D eigenvalue weighted by Crippen LogP contribution is -2.39. The van der Waals surface area contributed by atoms with Crippen molar-refractivity contribution in [2.45, 2.75) is 19.3 Å². The molecule has 7 nitrogen and oxygen atoms in total. The van der Waals surface area contributed by atoms with Crippen molar-refractivity contribution in [1.82, 2.24) is 19.9 Å². The average Bonchev–Trinajstić information content (AvgIpc) is 3.13. The van der Waals surface area contributed by atoms with E-state index in [1.165, 1.54) is 6.42 Å². The molecular formula is C20H26N6O. The number of amides is 2. The van der Waals surface area contributed by atoms with Crippen molar-refractivity contribution in [3.63, 3.8) is 0 Å². The highest BCUT2D eigenvalue weighted by molar-refractivity contribution is 5.79. The molecule has 4 rings (SSSR count). The zero-order valence-corrected chi connectivity index (χ0v) is 15.9. The molecule has 3 N–H and O–H groups in total. The maximum atomic E-state index is 10.5. The third-order valence-electron chi connectivity index (χ3n) is 4.56. The number of aromatic amines is 1. The zero-order chi connectivity index (χ0) is 19.2. The number of hydrogen-bond donors (Lipinski definition) is 2. The van der Waals surface area contributed by atoms with Gasteiger partial charge in [0.25, 0.3) is 0 Å². The number of fused-ring (bicyclic) bond motifs is 1. The summed E-state index contributed by atoms with van der Waals surface area (Å²) < 4.78 is 0. The Morgan fingerprint density at radius 3 is 2.52 bits per heavy atom. The van der Waals surface area contributed by atoms with Gasteiger partial charge in [-0.15, -0.1) is 0 Å². The summed E-state index contributed by atoms with van der Waals surface area (Å²) in [5.74, 6) is 0.805. The number of primary amides is 1. The molecule has 2 aromatic heterocycles. The molecule has 7 heteroatoms. The number of aromatic nitrogens is 3. The standard InChI is InChI=1S/C14H14N4.C6H12N2O/c1-18(2)10-7-8-15-13(9-10)14-16-11-5-3-4-6-12(11)17-14;7-6(9)8-4-2-1-3-5-8/h3-9H,1-2H3,(H,16,17);1-5H2,(H2,7,9). The van der Waals surface area contributed by atoms with Crippen LogP contribution in [0.3, 0.4) is 0 Å². The van der Waals surface area contributed by atoms with E-state index in [1.807, 2.05) is 55.4 Å². The summed E-state index contributed by atoms with van der Waals surface area (Å²) in [6.07, 6.45) is 5.27. The van der Waals surface area contributed by atoms with E-state index in [4.69, 9.17) is 5.73 Å². The van der Waals surface area contributed by atoms with E-state index in [-0.39, 0.29) is 6.03 Å². The minimum atomic E-state index is -0.269. The number of likely N-dealkylation sites (tertiary alicyclic amines) is 1. The van der Waals surface area contributed by atoms with Crippen LogP contribution in [0.2, 0.25) is 0 Å². The number of rotatable bonds is 2. The van der Waals surface area contributed by atoms with Gasteiger partial charge in [-0.25, -0.2) is 9.78 Å². The van der Waals surface area contributed by atoms with E-state index >= 15 is 0 Å². The molecule has 3 heterocycles. The Hall–Kier alpha value is -3.09. The molecule has 0 bridgehead atoms. The summed E-state index contributed by atoms with van der Waals surface area (Å²) in [5.41, 5.74) is 9.02. The van der Waals surface area contributed by atoms with Crippen molar-refractivity contribution in [1.29, 1.82) is 0 Å². The predicted octanol–water partition coefficient (Wildman–Crippen LogP) is 3.24. The van der Waals surface area contributed by atoms with Crippen LogP contribution >= 0.6 is 0 Å². The lowest BCUT2D eigenvalue weighted by atomic mass is 10.1. The number of hydrogen-bond acceptors (Lipinski definition) is 4. The van der Waals surface area contributed by atoms with Crippen LogP contribution in [0.4, 0.5) is 10.5 Å². The molecule has 0 aliphatic carbocycles.